The van der Waals surface area contributed by atoms with Gasteiger partial charge in [-0.3, -0.25) is 4.79 Å². The number of hydrazone groups is 1. The maximum atomic E-state index is 12.3. The van der Waals surface area contributed by atoms with Gasteiger partial charge in [0.2, 0.25) is 0 Å². The van der Waals surface area contributed by atoms with Crippen molar-refractivity contribution in [2.75, 3.05) is 6.61 Å². The second kappa shape index (κ2) is 9.24. The van der Waals surface area contributed by atoms with E-state index in [2.05, 4.69) is 61.0 Å². The van der Waals surface area contributed by atoms with E-state index in [9.17, 15) is 4.79 Å². The average molecular weight is 389 g/mol. The molecule has 0 aliphatic rings. The highest BCUT2D eigenvalue weighted by Gasteiger charge is 2.11. The Morgan fingerprint density at radius 1 is 1.10 bits per heavy atom. The molecule has 1 N–H and O–H groups in total. The lowest BCUT2D eigenvalue weighted by molar-refractivity contribution is 0.0955. The smallest absolute Gasteiger partial charge is 0.271 e. The Hall–Kier alpha value is -3.34. The van der Waals surface area contributed by atoms with Crippen LogP contribution in [0.2, 0.25) is 0 Å². The first-order valence-electron chi connectivity index (χ1n) is 9.82. The monoisotopic (exact) mass is 389 g/mol. The van der Waals surface area contributed by atoms with E-state index in [-0.39, 0.29) is 5.91 Å². The Bertz CT molecular complexity index is 1020. The molecule has 0 aliphatic heterocycles. The van der Waals surface area contributed by atoms with E-state index < -0.39 is 0 Å². The van der Waals surface area contributed by atoms with Crippen molar-refractivity contribution in [2.45, 2.75) is 34.1 Å². The zero-order chi connectivity index (χ0) is 20.8. The van der Waals surface area contributed by atoms with E-state index in [4.69, 9.17) is 4.74 Å². The lowest BCUT2D eigenvalue weighted by Gasteiger charge is -2.12. The minimum atomic E-state index is -0.254. The van der Waals surface area contributed by atoms with Gasteiger partial charge in [0.15, 0.2) is 0 Å². The molecule has 1 heterocycles. The van der Waals surface area contributed by atoms with E-state index >= 15 is 0 Å². The molecule has 150 valence electrons. The van der Waals surface area contributed by atoms with Crippen molar-refractivity contribution in [3.05, 3.63) is 82.7 Å². The summed E-state index contributed by atoms with van der Waals surface area (Å²) in [4.78, 5) is 12.3. The summed E-state index contributed by atoms with van der Waals surface area (Å²) in [6.45, 7) is 8.94. The second-order valence-corrected chi connectivity index (χ2v) is 7.02. The number of carbonyl (C=O) groups excluding carboxylic acids is 1. The molecular formula is C24H27N3O2. The molecule has 0 radical (unpaired) electrons. The Balaban J connectivity index is 1.70. The van der Waals surface area contributed by atoms with Crippen molar-refractivity contribution >= 4 is 12.1 Å². The van der Waals surface area contributed by atoms with Crippen LogP contribution in [-0.4, -0.2) is 23.3 Å². The van der Waals surface area contributed by atoms with Crippen LogP contribution in [0.1, 0.15) is 46.2 Å². The van der Waals surface area contributed by atoms with E-state index in [0.29, 0.717) is 12.2 Å². The summed E-state index contributed by atoms with van der Waals surface area (Å²) in [6, 6.07) is 17.4. The van der Waals surface area contributed by atoms with Gasteiger partial charge in [-0.1, -0.05) is 25.1 Å². The first-order chi connectivity index (χ1) is 14.0. The Morgan fingerprint density at radius 3 is 2.52 bits per heavy atom. The van der Waals surface area contributed by atoms with Gasteiger partial charge in [-0.15, -0.1) is 0 Å². The summed E-state index contributed by atoms with van der Waals surface area (Å²) >= 11 is 0. The average Bonchev–Trinajstić information content (AvgIpc) is 3.00. The Kier molecular flexibility index (Phi) is 6.50. The van der Waals surface area contributed by atoms with E-state index in [0.717, 1.165) is 34.8 Å². The molecule has 0 saturated carbocycles. The summed E-state index contributed by atoms with van der Waals surface area (Å²) in [5, 5.41) is 4.15. The number of amides is 1. The standard InChI is InChI=1S/C24H27N3O2/c1-5-14-29-22-12-10-20(11-13-22)24(28)26-25-16-21-15-18(3)27(19(21)4)23-9-7-6-8-17(23)2/h6-13,15-16H,5,14H2,1-4H3,(H,26,28)/b25-16-. The maximum absolute atomic E-state index is 12.3. The number of nitrogens with zero attached hydrogens (tertiary/aromatic N) is 2. The zero-order valence-corrected chi connectivity index (χ0v) is 17.4. The molecule has 0 fully saturated rings. The van der Waals surface area contributed by atoms with Crippen LogP contribution in [-0.2, 0) is 0 Å². The highest BCUT2D eigenvalue weighted by Crippen LogP contribution is 2.22. The molecule has 5 nitrogen and oxygen atoms in total. The molecule has 0 aliphatic carbocycles. The summed E-state index contributed by atoms with van der Waals surface area (Å²) in [5.41, 5.74) is 8.65. The van der Waals surface area contributed by atoms with Crippen LogP contribution in [0.25, 0.3) is 5.69 Å². The first kappa shape index (κ1) is 20.4. The number of hydrogen-bond acceptors (Lipinski definition) is 3. The molecular weight excluding hydrogens is 362 g/mol. The number of ether oxygens (including phenoxy) is 1. The van der Waals surface area contributed by atoms with Gasteiger partial charge in [-0.05, 0) is 69.2 Å². The third-order valence-electron chi connectivity index (χ3n) is 4.79. The van der Waals surface area contributed by atoms with Crippen molar-refractivity contribution in [1.82, 2.24) is 9.99 Å². The van der Waals surface area contributed by atoms with Crippen LogP contribution in [0.15, 0.2) is 59.7 Å². The second-order valence-electron chi connectivity index (χ2n) is 7.02. The lowest BCUT2D eigenvalue weighted by Crippen LogP contribution is -2.17. The molecule has 2 aromatic carbocycles. The van der Waals surface area contributed by atoms with Gasteiger partial charge in [0.05, 0.1) is 12.8 Å². The van der Waals surface area contributed by atoms with E-state index in [1.54, 1.807) is 30.5 Å². The normalized spacial score (nSPS) is 11.0. The fourth-order valence-electron chi connectivity index (χ4n) is 3.25. The van der Waals surface area contributed by atoms with Crippen LogP contribution < -0.4 is 10.2 Å². The highest BCUT2D eigenvalue weighted by atomic mass is 16.5. The quantitative estimate of drug-likeness (QED) is 0.459. The van der Waals surface area contributed by atoms with Gasteiger partial charge in [0, 0.05) is 28.2 Å². The highest BCUT2D eigenvalue weighted by molar-refractivity contribution is 5.95. The molecule has 1 amide bonds. The minimum absolute atomic E-state index is 0.254. The molecule has 3 aromatic rings. The molecule has 0 atom stereocenters. The molecule has 5 heteroatoms. The lowest BCUT2D eigenvalue weighted by atomic mass is 10.2. The molecule has 0 bridgehead atoms. The van der Waals surface area contributed by atoms with Crippen molar-refractivity contribution in [3.8, 4) is 11.4 Å². The largest absolute Gasteiger partial charge is 0.494 e. The number of nitrogens with one attached hydrogen (secondary N) is 1. The number of benzene rings is 2. The predicted octanol–water partition coefficient (Wildman–Crippen LogP) is 4.96. The Morgan fingerprint density at radius 2 is 1.83 bits per heavy atom. The minimum Gasteiger partial charge on any atom is -0.494 e. The fraction of sp³-hybridized carbons (Fsp3) is 0.250. The molecule has 0 unspecified atom stereocenters. The van der Waals surface area contributed by atoms with Crippen LogP contribution in [0.5, 0.6) is 5.75 Å². The third kappa shape index (κ3) is 4.74. The van der Waals surface area contributed by atoms with Gasteiger partial charge < -0.3 is 9.30 Å². The molecule has 3 rings (SSSR count). The summed E-state index contributed by atoms with van der Waals surface area (Å²) < 4.78 is 7.74. The topological polar surface area (TPSA) is 55.6 Å². The third-order valence-corrected chi connectivity index (χ3v) is 4.79. The van der Waals surface area contributed by atoms with Gasteiger partial charge in [-0.2, -0.15) is 5.10 Å². The van der Waals surface area contributed by atoms with Crippen LogP contribution in [0.3, 0.4) is 0 Å². The van der Waals surface area contributed by atoms with Gasteiger partial charge in [0.25, 0.3) is 5.91 Å². The van der Waals surface area contributed by atoms with Crippen molar-refractivity contribution in [3.63, 3.8) is 0 Å². The Labute approximate surface area is 172 Å². The van der Waals surface area contributed by atoms with E-state index in [1.807, 2.05) is 12.1 Å². The number of aryl methyl sites for hydroxylation is 2. The van der Waals surface area contributed by atoms with Crippen molar-refractivity contribution in [2.24, 2.45) is 5.10 Å². The van der Waals surface area contributed by atoms with Crippen molar-refractivity contribution in [1.29, 1.82) is 0 Å². The number of rotatable bonds is 7. The van der Waals surface area contributed by atoms with Gasteiger partial charge in [0.1, 0.15) is 5.75 Å². The molecule has 0 spiro atoms. The van der Waals surface area contributed by atoms with E-state index in [1.165, 1.54) is 5.56 Å². The molecule has 1 aromatic heterocycles. The number of carbonyl (C=O) groups is 1. The molecule has 29 heavy (non-hydrogen) atoms. The number of aromatic nitrogens is 1. The summed E-state index contributed by atoms with van der Waals surface area (Å²) in [7, 11) is 0. The number of hydrogen-bond donors (Lipinski definition) is 1. The predicted molar refractivity (Wildman–Crippen MR) is 117 cm³/mol. The van der Waals surface area contributed by atoms with Crippen molar-refractivity contribution < 1.29 is 9.53 Å². The van der Waals surface area contributed by atoms with Crippen LogP contribution in [0.4, 0.5) is 0 Å². The van der Waals surface area contributed by atoms with Gasteiger partial charge in [-0.25, -0.2) is 5.43 Å². The fourth-order valence-corrected chi connectivity index (χ4v) is 3.25. The summed E-state index contributed by atoms with van der Waals surface area (Å²) in [6.07, 6.45) is 2.63. The summed E-state index contributed by atoms with van der Waals surface area (Å²) in [5.74, 6) is 0.506. The first-order valence-corrected chi connectivity index (χ1v) is 9.82. The number of para-hydroxylation sites is 1. The van der Waals surface area contributed by atoms with Crippen LogP contribution in [0, 0.1) is 20.8 Å². The van der Waals surface area contributed by atoms with Gasteiger partial charge >= 0.3 is 0 Å². The zero-order valence-electron chi connectivity index (χ0n) is 17.4. The SMILES string of the molecule is CCCOc1ccc(C(=O)N/N=C\c2cc(C)n(-c3ccccc3C)c2C)cc1. The molecule has 0 saturated heterocycles. The maximum Gasteiger partial charge on any atom is 0.271 e. The van der Waals surface area contributed by atoms with Crippen LogP contribution >= 0.6 is 0 Å².